The minimum Gasteiger partial charge on any atom is -0.339 e. The molecule has 0 radical (unpaired) electrons. The van der Waals surface area contributed by atoms with Crippen LogP contribution in [0, 0.1) is 6.92 Å². The molecule has 2 aliphatic rings. The van der Waals surface area contributed by atoms with Gasteiger partial charge in [0.2, 0.25) is 5.91 Å². The summed E-state index contributed by atoms with van der Waals surface area (Å²) in [6, 6.07) is 16.4. The highest BCUT2D eigenvalue weighted by Gasteiger charge is 2.24. The van der Waals surface area contributed by atoms with Crippen molar-refractivity contribution in [3.63, 3.8) is 0 Å². The van der Waals surface area contributed by atoms with Crippen molar-refractivity contribution in [2.75, 3.05) is 39.3 Å². The minimum atomic E-state index is -0.0494. The van der Waals surface area contributed by atoms with E-state index in [1.165, 1.54) is 29.5 Å². The van der Waals surface area contributed by atoms with Gasteiger partial charge in [-0.25, -0.2) is 4.79 Å². The van der Waals surface area contributed by atoms with Crippen molar-refractivity contribution in [2.45, 2.75) is 39.3 Å². The maximum atomic E-state index is 12.7. The van der Waals surface area contributed by atoms with Crippen molar-refractivity contribution in [3.8, 4) is 0 Å². The number of piperazine rings is 1. The van der Waals surface area contributed by atoms with Gasteiger partial charge in [-0.05, 0) is 49.5 Å². The Bertz CT molecular complexity index is 914. The summed E-state index contributed by atoms with van der Waals surface area (Å²) in [7, 11) is 0. The lowest BCUT2D eigenvalue weighted by molar-refractivity contribution is -0.131. The normalized spacial score (nSPS) is 16.9. The molecule has 2 heterocycles. The number of hydrogen-bond acceptors (Lipinski definition) is 3. The van der Waals surface area contributed by atoms with E-state index in [4.69, 9.17) is 0 Å². The molecule has 0 atom stereocenters. The first-order valence-electron chi connectivity index (χ1n) is 11.7. The van der Waals surface area contributed by atoms with Gasteiger partial charge in [0.05, 0.1) is 6.42 Å². The van der Waals surface area contributed by atoms with E-state index in [0.717, 1.165) is 25.2 Å². The molecule has 6 heteroatoms. The van der Waals surface area contributed by atoms with E-state index in [1.807, 2.05) is 47.1 Å². The number of carbonyl (C=O) groups is 2. The second-order valence-electron chi connectivity index (χ2n) is 8.94. The quantitative estimate of drug-likeness (QED) is 0.760. The molecule has 0 bridgehead atoms. The number of nitrogens with zero attached hydrogens (tertiary/aromatic N) is 3. The standard InChI is InChI=1S/C26H34N4O2/c1-21-8-10-22(11-9-21)18-25(31)29-14-16-30(17-15-29)26(32)27-19-23-6-2-3-7-24(23)20-28-12-4-5-13-28/h2-3,6-11H,4-5,12-20H2,1H3,(H,27,32). The second-order valence-corrected chi connectivity index (χ2v) is 8.94. The van der Waals surface area contributed by atoms with E-state index in [-0.39, 0.29) is 11.9 Å². The number of hydrogen-bond donors (Lipinski definition) is 1. The molecule has 4 rings (SSSR count). The van der Waals surface area contributed by atoms with Crippen LogP contribution < -0.4 is 5.32 Å². The lowest BCUT2D eigenvalue weighted by Gasteiger charge is -2.35. The molecule has 2 aromatic carbocycles. The molecule has 0 saturated carbocycles. The van der Waals surface area contributed by atoms with E-state index < -0.39 is 0 Å². The monoisotopic (exact) mass is 434 g/mol. The number of amides is 3. The molecule has 32 heavy (non-hydrogen) atoms. The summed E-state index contributed by atoms with van der Waals surface area (Å²) >= 11 is 0. The Morgan fingerprint density at radius 3 is 2.12 bits per heavy atom. The van der Waals surface area contributed by atoms with Crippen LogP contribution in [0.4, 0.5) is 4.79 Å². The van der Waals surface area contributed by atoms with Gasteiger partial charge in [0.1, 0.15) is 0 Å². The molecular weight excluding hydrogens is 400 g/mol. The van der Waals surface area contributed by atoms with Crippen LogP contribution in [0.25, 0.3) is 0 Å². The first-order valence-corrected chi connectivity index (χ1v) is 11.7. The topological polar surface area (TPSA) is 55.9 Å². The van der Waals surface area contributed by atoms with Gasteiger partial charge >= 0.3 is 6.03 Å². The van der Waals surface area contributed by atoms with Crippen molar-refractivity contribution in [1.29, 1.82) is 0 Å². The zero-order chi connectivity index (χ0) is 22.3. The van der Waals surface area contributed by atoms with Crippen LogP contribution in [0.3, 0.4) is 0 Å². The third-order valence-corrected chi connectivity index (χ3v) is 6.54. The van der Waals surface area contributed by atoms with E-state index in [1.54, 1.807) is 0 Å². The van der Waals surface area contributed by atoms with Gasteiger partial charge < -0.3 is 15.1 Å². The summed E-state index contributed by atoms with van der Waals surface area (Å²) in [5.74, 6) is 0.129. The fourth-order valence-corrected chi connectivity index (χ4v) is 4.50. The smallest absolute Gasteiger partial charge is 0.317 e. The van der Waals surface area contributed by atoms with Gasteiger partial charge in [0.15, 0.2) is 0 Å². The summed E-state index contributed by atoms with van der Waals surface area (Å²) < 4.78 is 0. The molecule has 0 aliphatic carbocycles. The molecule has 0 aromatic heterocycles. The van der Waals surface area contributed by atoms with E-state index in [9.17, 15) is 9.59 Å². The highest BCUT2D eigenvalue weighted by Crippen LogP contribution is 2.16. The molecular formula is C26H34N4O2. The van der Waals surface area contributed by atoms with Gasteiger partial charge in [0.25, 0.3) is 0 Å². The lowest BCUT2D eigenvalue weighted by Crippen LogP contribution is -2.53. The Kier molecular flexibility index (Phi) is 7.43. The van der Waals surface area contributed by atoms with Gasteiger partial charge in [-0.3, -0.25) is 9.69 Å². The third-order valence-electron chi connectivity index (χ3n) is 6.54. The predicted octanol–water partition coefficient (Wildman–Crippen LogP) is 3.19. The number of aryl methyl sites for hydroxylation is 1. The lowest BCUT2D eigenvalue weighted by atomic mass is 10.1. The van der Waals surface area contributed by atoms with Crippen molar-refractivity contribution < 1.29 is 9.59 Å². The van der Waals surface area contributed by atoms with Crippen LogP contribution in [0.15, 0.2) is 48.5 Å². The first-order chi connectivity index (χ1) is 15.6. The zero-order valence-corrected chi connectivity index (χ0v) is 19.1. The number of benzene rings is 2. The fourth-order valence-electron chi connectivity index (χ4n) is 4.50. The summed E-state index contributed by atoms with van der Waals surface area (Å²) in [4.78, 5) is 31.5. The zero-order valence-electron chi connectivity index (χ0n) is 19.1. The summed E-state index contributed by atoms with van der Waals surface area (Å²) in [6.07, 6.45) is 2.97. The van der Waals surface area contributed by atoms with Crippen LogP contribution in [-0.2, 0) is 24.3 Å². The van der Waals surface area contributed by atoms with Gasteiger partial charge in [-0.2, -0.15) is 0 Å². The highest BCUT2D eigenvalue weighted by atomic mass is 16.2. The van der Waals surface area contributed by atoms with Crippen molar-refractivity contribution in [3.05, 3.63) is 70.8 Å². The summed E-state index contributed by atoms with van der Waals surface area (Å²) in [5, 5.41) is 3.09. The highest BCUT2D eigenvalue weighted by molar-refractivity contribution is 5.79. The van der Waals surface area contributed by atoms with Crippen LogP contribution >= 0.6 is 0 Å². The number of urea groups is 1. The number of nitrogens with one attached hydrogen (secondary N) is 1. The van der Waals surface area contributed by atoms with E-state index in [2.05, 4.69) is 28.4 Å². The Morgan fingerprint density at radius 2 is 1.44 bits per heavy atom. The molecule has 3 amide bonds. The average molecular weight is 435 g/mol. The van der Waals surface area contributed by atoms with Crippen molar-refractivity contribution in [1.82, 2.24) is 20.0 Å². The maximum absolute atomic E-state index is 12.7. The average Bonchev–Trinajstić information content (AvgIpc) is 3.33. The largest absolute Gasteiger partial charge is 0.339 e. The van der Waals surface area contributed by atoms with Crippen LogP contribution in [0.2, 0.25) is 0 Å². The molecule has 170 valence electrons. The molecule has 2 aromatic rings. The van der Waals surface area contributed by atoms with Crippen LogP contribution in [-0.4, -0.2) is 65.9 Å². The number of rotatable bonds is 6. The van der Waals surface area contributed by atoms with Crippen LogP contribution in [0.5, 0.6) is 0 Å². The Balaban J connectivity index is 1.23. The molecule has 0 unspecified atom stereocenters. The Hall–Kier alpha value is -2.86. The molecule has 2 fully saturated rings. The second kappa shape index (κ2) is 10.6. The van der Waals surface area contributed by atoms with E-state index in [0.29, 0.717) is 39.1 Å². The minimum absolute atomic E-state index is 0.0494. The SMILES string of the molecule is Cc1ccc(CC(=O)N2CCN(C(=O)NCc3ccccc3CN3CCCC3)CC2)cc1. The Morgan fingerprint density at radius 1 is 0.812 bits per heavy atom. The van der Waals surface area contributed by atoms with E-state index >= 15 is 0 Å². The Labute approximate surface area is 191 Å². The third kappa shape index (κ3) is 5.88. The molecule has 6 nitrogen and oxygen atoms in total. The predicted molar refractivity (Wildman–Crippen MR) is 126 cm³/mol. The van der Waals surface area contributed by atoms with Gasteiger partial charge in [-0.1, -0.05) is 54.1 Å². The molecule has 1 N–H and O–H groups in total. The van der Waals surface area contributed by atoms with Crippen molar-refractivity contribution in [2.24, 2.45) is 0 Å². The van der Waals surface area contributed by atoms with Crippen molar-refractivity contribution >= 4 is 11.9 Å². The van der Waals surface area contributed by atoms with Gasteiger partial charge in [-0.15, -0.1) is 0 Å². The number of likely N-dealkylation sites (tertiary alicyclic amines) is 1. The first kappa shape index (κ1) is 22.3. The summed E-state index contributed by atoms with van der Waals surface area (Å²) in [5.41, 5.74) is 4.70. The summed E-state index contributed by atoms with van der Waals surface area (Å²) in [6.45, 7) is 8.17. The number of carbonyl (C=O) groups excluding carboxylic acids is 2. The van der Waals surface area contributed by atoms with Gasteiger partial charge in [0, 0.05) is 39.3 Å². The molecule has 2 aliphatic heterocycles. The maximum Gasteiger partial charge on any atom is 0.317 e. The molecule has 0 spiro atoms. The fraction of sp³-hybridized carbons (Fsp3) is 0.462. The molecule has 2 saturated heterocycles. The van der Waals surface area contributed by atoms with Crippen LogP contribution in [0.1, 0.15) is 35.1 Å².